The van der Waals surface area contributed by atoms with Crippen LogP contribution in [0.15, 0.2) is 30.3 Å². The maximum Gasteiger partial charge on any atom is 0.408 e. The van der Waals surface area contributed by atoms with Gasteiger partial charge in [0.2, 0.25) is 5.91 Å². The van der Waals surface area contributed by atoms with Crippen LogP contribution in [0.2, 0.25) is 0 Å². The molecule has 1 aromatic carbocycles. The number of carbonyl (C=O) groups is 2. The number of piperidine rings is 1. The Hall–Kier alpha value is -2.04. The Labute approximate surface area is 130 Å². The second-order valence-corrected chi connectivity index (χ2v) is 6.23. The van der Waals surface area contributed by atoms with Gasteiger partial charge in [0.15, 0.2) is 12.1 Å². The Morgan fingerprint density at radius 3 is 2.45 bits per heavy atom. The van der Waals surface area contributed by atoms with Crippen molar-refractivity contribution in [3.63, 3.8) is 0 Å². The number of nitrogens with zero attached hydrogens (tertiary/aromatic N) is 1. The van der Waals surface area contributed by atoms with E-state index in [1.54, 1.807) is 0 Å². The summed E-state index contributed by atoms with van der Waals surface area (Å²) >= 11 is 0. The van der Waals surface area contributed by atoms with Gasteiger partial charge in [-0.25, -0.2) is 4.79 Å². The molecule has 5 nitrogen and oxygen atoms in total. The number of hydrogen-bond acceptors (Lipinski definition) is 3. The fourth-order valence-electron chi connectivity index (χ4n) is 3.53. The van der Waals surface area contributed by atoms with Gasteiger partial charge in [0.25, 0.3) is 0 Å². The summed E-state index contributed by atoms with van der Waals surface area (Å²) in [6, 6.07) is 9.19. The first-order valence-electron chi connectivity index (χ1n) is 7.92. The number of rotatable bonds is 2. The topological polar surface area (TPSA) is 58.6 Å². The third-order valence-corrected chi connectivity index (χ3v) is 4.65. The average molecular weight is 302 g/mol. The molecule has 1 N–H and O–H groups in total. The maximum absolute atomic E-state index is 13.0. The van der Waals surface area contributed by atoms with Gasteiger partial charge in [0.1, 0.15) is 0 Å². The van der Waals surface area contributed by atoms with Gasteiger partial charge in [0.05, 0.1) is 0 Å². The van der Waals surface area contributed by atoms with Gasteiger partial charge in [-0.2, -0.15) is 0 Å². The van der Waals surface area contributed by atoms with Crippen LogP contribution in [-0.4, -0.2) is 35.0 Å². The minimum absolute atomic E-state index is 0.0422. The molecule has 0 bridgehead atoms. The molecule has 0 aromatic heterocycles. The molecule has 4 unspecified atom stereocenters. The van der Waals surface area contributed by atoms with Crippen molar-refractivity contribution in [1.29, 1.82) is 0 Å². The summed E-state index contributed by atoms with van der Waals surface area (Å²) < 4.78 is 5.34. The molecule has 2 heterocycles. The van der Waals surface area contributed by atoms with Crippen LogP contribution in [0.5, 0.6) is 0 Å². The third kappa shape index (κ3) is 2.67. The van der Waals surface area contributed by atoms with E-state index in [1.165, 1.54) is 0 Å². The summed E-state index contributed by atoms with van der Waals surface area (Å²) in [5, 5.41) is 2.69. The molecule has 0 aliphatic carbocycles. The van der Waals surface area contributed by atoms with E-state index in [-0.39, 0.29) is 18.0 Å². The monoisotopic (exact) mass is 302 g/mol. The lowest BCUT2D eigenvalue weighted by atomic mass is 9.94. The number of hydrogen-bond donors (Lipinski definition) is 1. The zero-order valence-electron chi connectivity index (χ0n) is 13.0. The molecule has 0 radical (unpaired) electrons. The largest absolute Gasteiger partial charge is 0.439 e. The van der Waals surface area contributed by atoms with Crippen LogP contribution in [0.4, 0.5) is 4.79 Å². The van der Waals surface area contributed by atoms with Crippen molar-refractivity contribution in [1.82, 2.24) is 10.2 Å². The number of benzene rings is 1. The minimum Gasteiger partial charge on any atom is -0.439 e. The first kappa shape index (κ1) is 14.9. The smallest absolute Gasteiger partial charge is 0.408 e. The van der Waals surface area contributed by atoms with Gasteiger partial charge < -0.3 is 15.0 Å². The van der Waals surface area contributed by atoms with Gasteiger partial charge in [0, 0.05) is 12.1 Å². The number of ether oxygens (including phenoxy) is 1. The standard InChI is InChI=1S/C17H22N2O3/c1-11-7-6-8-12(2)19(11)16(20)14-15(22-17(21)18-14)13-9-4-3-5-10-13/h3-5,9-12,14-15H,6-8H2,1-2H3,(H,18,21). The van der Waals surface area contributed by atoms with Gasteiger partial charge in [-0.15, -0.1) is 0 Å². The van der Waals surface area contributed by atoms with Crippen LogP contribution in [0.1, 0.15) is 44.8 Å². The van der Waals surface area contributed by atoms with Crippen molar-refractivity contribution in [3.05, 3.63) is 35.9 Å². The number of carbonyl (C=O) groups excluding carboxylic acids is 2. The van der Waals surface area contributed by atoms with Crippen LogP contribution in [0, 0.1) is 0 Å². The predicted molar refractivity (Wildman–Crippen MR) is 82.2 cm³/mol. The molecule has 0 spiro atoms. The first-order chi connectivity index (χ1) is 10.6. The first-order valence-corrected chi connectivity index (χ1v) is 7.92. The zero-order chi connectivity index (χ0) is 15.7. The molecule has 2 amide bonds. The molecule has 1 aromatic rings. The van der Waals surface area contributed by atoms with Crippen molar-refractivity contribution in [2.75, 3.05) is 0 Å². The summed E-state index contributed by atoms with van der Waals surface area (Å²) in [7, 11) is 0. The maximum atomic E-state index is 13.0. The quantitative estimate of drug-likeness (QED) is 0.913. The van der Waals surface area contributed by atoms with Crippen molar-refractivity contribution in [2.45, 2.75) is 57.3 Å². The molecule has 2 fully saturated rings. The Kier molecular flexibility index (Phi) is 4.05. The second-order valence-electron chi connectivity index (χ2n) is 6.23. The van der Waals surface area contributed by atoms with E-state index in [9.17, 15) is 9.59 Å². The molecular weight excluding hydrogens is 280 g/mol. The molecule has 0 saturated carbocycles. The molecule has 3 rings (SSSR count). The lowest BCUT2D eigenvalue weighted by Crippen LogP contribution is -2.54. The average Bonchev–Trinajstić information content (AvgIpc) is 2.90. The van der Waals surface area contributed by atoms with E-state index >= 15 is 0 Å². The highest BCUT2D eigenvalue weighted by molar-refractivity contribution is 5.89. The minimum atomic E-state index is -0.641. The lowest BCUT2D eigenvalue weighted by molar-refractivity contribution is -0.140. The van der Waals surface area contributed by atoms with E-state index < -0.39 is 18.2 Å². The van der Waals surface area contributed by atoms with E-state index in [2.05, 4.69) is 19.2 Å². The summed E-state index contributed by atoms with van der Waals surface area (Å²) in [6.45, 7) is 4.14. The molecule has 118 valence electrons. The fourth-order valence-corrected chi connectivity index (χ4v) is 3.53. The van der Waals surface area contributed by atoms with Gasteiger partial charge in [-0.3, -0.25) is 4.79 Å². The number of cyclic esters (lactones) is 1. The van der Waals surface area contributed by atoms with Crippen molar-refractivity contribution >= 4 is 12.0 Å². The number of likely N-dealkylation sites (tertiary alicyclic amines) is 1. The molecule has 4 atom stereocenters. The summed E-state index contributed by atoms with van der Waals surface area (Å²) in [5.41, 5.74) is 0.844. The summed E-state index contributed by atoms with van der Waals surface area (Å²) in [6.07, 6.45) is 2.08. The molecule has 2 aliphatic heterocycles. The van der Waals surface area contributed by atoms with Gasteiger partial charge >= 0.3 is 6.09 Å². The molecule has 2 saturated heterocycles. The van der Waals surface area contributed by atoms with Crippen molar-refractivity contribution in [3.8, 4) is 0 Å². The second kappa shape index (κ2) is 5.99. The van der Waals surface area contributed by atoms with E-state index in [0.717, 1.165) is 24.8 Å². The Bertz CT molecular complexity index is 550. The van der Waals surface area contributed by atoms with E-state index in [4.69, 9.17) is 4.74 Å². The predicted octanol–water partition coefficient (Wildman–Crippen LogP) is 2.63. The number of amides is 2. The normalized spacial score (nSPS) is 31.5. The highest BCUT2D eigenvalue weighted by Gasteiger charge is 2.44. The van der Waals surface area contributed by atoms with Crippen LogP contribution < -0.4 is 5.32 Å². The van der Waals surface area contributed by atoms with E-state index in [0.29, 0.717) is 0 Å². The van der Waals surface area contributed by atoms with Crippen LogP contribution in [0.3, 0.4) is 0 Å². The SMILES string of the molecule is CC1CCCC(C)N1C(=O)C1NC(=O)OC1c1ccccc1. The molecule has 2 aliphatic rings. The number of nitrogens with one attached hydrogen (secondary N) is 1. The Morgan fingerprint density at radius 2 is 1.82 bits per heavy atom. The summed E-state index contributed by atoms with van der Waals surface area (Å²) in [4.78, 5) is 26.6. The molecular formula is C17H22N2O3. The van der Waals surface area contributed by atoms with E-state index in [1.807, 2.05) is 35.2 Å². The summed E-state index contributed by atoms with van der Waals surface area (Å²) in [5.74, 6) is -0.0422. The van der Waals surface area contributed by atoms with Crippen LogP contribution in [0.25, 0.3) is 0 Å². The Balaban J connectivity index is 1.85. The van der Waals surface area contributed by atoms with Gasteiger partial charge in [-0.1, -0.05) is 30.3 Å². The Morgan fingerprint density at radius 1 is 1.18 bits per heavy atom. The lowest BCUT2D eigenvalue weighted by Gasteiger charge is -2.40. The molecule has 5 heteroatoms. The van der Waals surface area contributed by atoms with Crippen LogP contribution in [-0.2, 0) is 9.53 Å². The highest BCUT2D eigenvalue weighted by Crippen LogP contribution is 2.30. The highest BCUT2D eigenvalue weighted by atomic mass is 16.6. The van der Waals surface area contributed by atoms with Crippen molar-refractivity contribution in [2.24, 2.45) is 0 Å². The van der Waals surface area contributed by atoms with Crippen molar-refractivity contribution < 1.29 is 14.3 Å². The zero-order valence-corrected chi connectivity index (χ0v) is 13.0. The third-order valence-electron chi connectivity index (χ3n) is 4.65. The molecule has 22 heavy (non-hydrogen) atoms. The van der Waals surface area contributed by atoms with Crippen LogP contribution >= 0.6 is 0 Å². The van der Waals surface area contributed by atoms with Gasteiger partial charge in [-0.05, 0) is 38.7 Å². The number of alkyl carbamates (subject to hydrolysis) is 1. The fraction of sp³-hybridized carbons (Fsp3) is 0.529.